The van der Waals surface area contributed by atoms with Crippen molar-refractivity contribution in [3.63, 3.8) is 0 Å². The van der Waals surface area contributed by atoms with E-state index in [1.807, 2.05) is 24.3 Å². The topological polar surface area (TPSA) is 106 Å². The highest BCUT2D eigenvalue weighted by Gasteiger charge is 2.44. The van der Waals surface area contributed by atoms with Gasteiger partial charge in [0.05, 0.1) is 45.1 Å². The number of aromatic nitrogens is 2. The van der Waals surface area contributed by atoms with Crippen molar-refractivity contribution in [2.45, 2.75) is 38.8 Å². The first-order valence-corrected chi connectivity index (χ1v) is 12.3. The van der Waals surface area contributed by atoms with E-state index in [4.69, 9.17) is 9.84 Å². The summed E-state index contributed by atoms with van der Waals surface area (Å²) >= 11 is 0. The Balaban J connectivity index is 1.58. The zero-order valence-electron chi connectivity index (χ0n) is 21.5. The van der Waals surface area contributed by atoms with Crippen LogP contribution in [0.5, 0.6) is 0 Å². The lowest BCUT2D eigenvalue weighted by Crippen LogP contribution is -2.31. The van der Waals surface area contributed by atoms with Gasteiger partial charge in [-0.15, -0.1) is 0 Å². The summed E-state index contributed by atoms with van der Waals surface area (Å²) in [5.74, 6) is -1.31. The number of amides is 1. The van der Waals surface area contributed by atoms with Crippen LogP contribution in [0.25, 0.3) is 0 Å². The lowest BCUT2D eigenvalue weighted by Gasteiger charge is -2.21. The summed E-state index contributed by atoms with van der Waals surface area (Å²) in [6.45, 7) is 2.89. The first kappa shape index (κ1) is 28.1. The largest absolute Gasteiger partial charge is 0.465 e. The second-order valence-corrected chi connectivity index (χ2v) is 9.09. The van der Waals surface area contributed by atoms with Crippen molar-refractivity contribution >= 4 is 17.7 Å². The molecule has 1 aliphatic rings. The molecule has 0 saturated carbocycles. The molecule has 0 spiro atoms. The molecule has 1 atom stereocenters. The summed E-state index contributed by atoms with van der Waals surface area (Å²) in [4.78, 5) is 26.7. The molecule has 0 fully saturated rings. The predicted octanol–water partition coefficient (Wildman–Crippen LogP) is 3.71. The highest BCUT2D eigenvalue weighted by Crippen LogP contribution is 2.38. The number of aliphatic hydroxyl groups excluding tert-OH is 1. The fourth-order valence-corrected chi connectivity index (χ4v) is 4.48. The van der Waals surface area contributed by atoms with Crippen LogP contribution < -0.4 is 10.2 Å². The molecule has 9 nitrogen and oxygen atoms in total. The van der Waals surface area contributed by atoms with Gasteiger partial charge in [-0.1, -0.05) is 36.4 Å². The van der Waals surface area contributed by atoms with Gasteiger partial charge in [0.1, 0.15) is 11.4 Å². The minimum Gasteiger partial charge on any atom is -0.465 e. The van der Waals surface area contributed by atoms with Crippen LogP contribution in [0.4, 0.5) is 19.0 Å². The van der Waals surface area contributed by atoms with Crippen LogP contribution in [0.15, 0.2) is 48.5 Å². The Hall–Kier alpha value is -3.90. The molecule has 1 aliphatic heterocycles. The maximum atomic E-state index is 14.0. The van der Waals surface area contributed by atoms with Crippen LogP contribution in [0, 0.1) is 0 Å². The van der Waals surface area contributed by atoms with Gasteiger partial charge in [0.15, 0.2) is 5.69 Å². The van der Waals surface area contributed by atoms with E-state index in [1.54, 1.807) is 24.0 Å². The number of nitrogens with zero attached hydrogens (tertiary/aromatic N) is 3. The third-order valence-corrected chi connectivity index (χ3v) is 6.35. The average Bonchev–Trinajstić information content (AvgIpc) is 3.49. The zero-order chi connectivity index (χ0) is 28.2. The van der Waals surface area contributed by atoms with Gasteiger partial charge in [-0.3, -0.25) is 4.79 Å². The van der Waals surface area contributed by atoms with Crippen LogP contribution in [0.3, 0.4) is 0 Å². The SMILES string of the molecule is COC(=O)c1ccc([C@H](C)NC(=O)c2c(C(F)(F)F)nn3c2N(Cc2cccc(COCCO)c2)CC3)cc1. The molecular formula is C27H29F3N4O5. The summed E-state index contributed by atoms with van der Waals surface area (Å²) < 4.78 is 53.2. The number of alkyl halides is 3. The molecule has 2 N–H and O–H groups in total. The number of fused-ring (bicyclic) bond motifs is 1. The van der Waals surface area contributed by atoms with Crippen LogP contribution in [-0.2, 0) is 35.3 Å². The summed E-state index contributed by atoms with van der Waals surface area (Å²) in [5.41, 5.74) is 0.835. The van der Waals surface area contributed by atoms with Crippen LogP contribution >= 0.6 is 0 Å². The number of esters is 1. The van der Waals surface area contributed by atoms with Crippen molar-refractivity contribution in [1.29, 1.82) is 0 Å². The van der Waals surface area contributed by atoms with E-state index in [1.165, 1.54) is 23.9 Å². The van der Waals surface area contributed by atoms with Crippen molar-refractivity contribution < 1.29 is 37.3 Å². The summed E-state index contributed by atoms with van der Waals surface area (Å²) in [5, 5.41) is 15.3. The molecular weight excluding hydrogens is 517 g/mol. The van der Waals surface area contributed by atoms with Crippen LogP contribution in [0.1, 0.15) is 56.1 Å². The molecule has 3 aromatic rings. The highest BCUT2D eigenvalue weighted by atomic mass is 19.4. The minimum atomic E-state index is -4.83. The fourth-order valence-electron chi connectivity index (χ4n) is 4.48. The number of hydrogen-bond acceptors (Lipinski definition) is 7. The van der Waals surface area contributed by atoms with Gasteiger partial charge in [-0.05, 0) is 35.7 Å². The van der Waals surface area contributed by atoms with Crippen LogP contribution in [-0.4, -0.2) is 53.6 Å². The van der Waals surface area contributed by atoms with Crippen molar-refractivity contribution in [2.75, 3.05) is 31.8 Å². The third kappa shape index (κ3) is 6.40. The third-order valence-electron chi connectivity index (χ3n) is 6.35. The van der Waals surface area contributed by atoms with Gasteiger partial charge in [0.2, 0.25) is 0 Å². The van der Waals surface area contributed by atoms with E-state index in [2.05, 4.69) is 15.2 Å². The molecule has 208 valence electrons. The highest BCUT2D eigenvalue weighted by molar-refractivity contribution is 6.01. The molecule has 0 bridgehead atoms. The molecule has 0 aliphatic carbocycles. The molecule has 0 saturated heterocycles. The van der Waals surface area contributed by atoms with Gasteiger partial charge in [0.25, 0.3) is 5.91 Å². The Bertz CT molecular complexity index is 1320. The van der Waals surface area contributed by atoms with E-state index in [0.717, 1.165) is 11.1 Å². The van der Waals surface area contributed by atoms with Crippen molar-refractivity contribution in [1.82, 2.24) is 15.1 Å². The monoisotopic (exact) mass is 546 g/mol. The lowest BCUT2D eigenvalue weighted by atomic mass is 10.1. The molecule has 2 aromatic carbocycles. The quantitative estimate of drug-likeness (QED) is 0.295. The van der Waals surface area contributed by atoms with Crippen molar-refractivity contribution in [3.8, 4) is 0 Å². The Morgan fingerprint density at radius 1 is 1.13 bits per heavy atom. The minimum absolute atomic E-state index is 0.0960. The number of halogens is 3. The number of nitrogens with one attached hydrogen (secondary N) is 1. The number of aliphatic hydroxyl groups is 1. The second-order valence-electron chi connectivity index (χ2n) is 9.09. The molecule has 2 heterocycles. The standard InChI is InChI=1S/C27H29F3N4O5/c1-17(20-6-8-21(9-7-20)26(37)38-2)31-24(36)22-23(27(28,29)30)32-34-11-10-33(25(22)34)15-18-4-3-5-19(14-18)16-39-13-12-35/h3-9,14,17,35H,10-13,15-16H2,1-2H3,(H,31,36)/t17-/m0/s1. The Morgan fingerprint density at radius 2 is 1.85 bits per heavy atom. The Morgan fingerprint density at radius 3 is 2.51 bits per heavy atom. The number of rotatable bonds is 10. The number of ether oxygens (including phenoxy) is 2. The maximum Gasteiger partial charge on any atom is 0.436 e. The van der Waals surface area contributed by atoms with E-state index >= 15 is 0 Å². The maximum absolute atomic E-state index is 14.0. The van der Waals surface area contributed by atoms with Gasteiger partial charge >= 0.3 is 12.1 Å². The van der Waals surface area contributed by atoms with Crippen molar-refractivity contribution in [2.24, 2.45) is 0 Å². The smallest absolute Gasteiger partial charge is 0.436 e. The van der Waals surface area contributed by atoms with E-state index in [0.29, 0.717) is 17.7 Å². The predicted molar refractivity (Wildman–Crippen MR) is 135 cm³/mol. The number of carbonyl (C=O) groups excluding carboxylic acids is 2. The van der Waals surface area contributed by atoms with Gasteiger partial charge in [0, 0.05) is 13.1 Å². The van der Waals surface area contributed by atoms with Crippen molar-refractivity contribution in [3.05, 3.63) is 82.0 Å². The van der Waals surface area contributed by atoms with E-state index < -0.39 is 35.4 Å². The number of benzene rings is 2. The van der Waals surface area contributed by atoms with Gasteiger partial charge < -0.3 is 24.8 Å². The van der Waals surface area contributed by atoms with Gasteiger partial charge in [-0.2, -0.15) is 18.3 Å². The molecule has 1 aromatic heterocycles. The normalized spacial score (nSPS) is 13.7. The van der Waals surface area contributed by atoms with E-state index in [-0.39, 0.29) is 38.7 Å². The van der Waals surface area contributed by atoms with Gasteiger partial charge in [-0.25, -0.2) is 9.48 Å². The molecule has 1 amide bonds. The number of hydrogen-bond donors (Lipinski definition) is 2. The van der Waals surface area contributed by atoms with E-state index in [9.17, 15) is 22.8 Å². The molecule has 39 heavy (non-hydrogen) atoms. The molecule has 12 heteroatoms. The number of carbonyl (C=O) groups is 2. The first-order valence-electron chi connectivity index (χ1n) is 12.3. The average molecular weight is 547 g/mol. The Kier molecular flexibility index (Phi) is 8.56. The summed E-state index contributed by atoms with van der Waals surface area (Å²) in [6.07, 6.45) is -4.83. The second kappa shape index (κ2) is 11.9. The fraction of sp³-hybridized carbons (Fsp3) is 0.370. The summed E-state index contributed by atoms with van der Waals surface area (Å²) in [6, 6.07) is 13.0. The number of methoxy groups -OCH3 is 1. The first-order chi connectivity index (χ1) is 18.6. The summed E-state index contributed by atoms with van der Waals surface area (Å²) in [7, 11) is 1.26. The molecule has 0 radical (unpaired) electrons. The zero-order valence-corrected chi connectivity index (χ0v) is 21.5. The Labute approximate surface area is 223 Å². The van der Waals surface area contributed by atoms with Crippen LogP contribution in [0.2, 0.25) is 0 Å². The molecule has 0 unspecified atom stereocenters. The lowest BCUT2D eigenvalue weighted by molar-refractivity contribution is -0.141. The molecule has 4 rings (SSSR count). The number of anilines is 1.